The molecule has 1 unspecified atom stereocenters. The molecule has 0 aromatic heterocycles. The maximum absolute atomic E-state index is 12.2. The van der Waals surface area contributed by atoms with E-state index in [2.05, 4.69) is 10.6 Å². The predicted molar refractivity (Wildman–Crippen MR) is 116 cm³/mol. The van der Waals surface area contributed by atoms with Crippen LogP contribution >= 0.6 is 24.0 Å². The molecule has 4 nitrogen and oxygen atoms in total. The SMILES string of the molecule is Cl.O=C(Cc1cccc(OCc2ccc(Cl)cc2)c1)NCCC1CCCNC1. The van der Waals surface area contributed by atoms with Crippen molar-refractivity contribution in [3.8, 4) is 5.75 Å². The van der Waals surface area contributed by atoms with E-state index in [9.17, 15) is 4.79 Å². The number of benzene rings is 2. The number of carbonyl (C=O) groups excluding carboxylic acids is 1. The van der Waals surface area contributed by atoms with Gasteiger partial charge in [-0.2, -0.15) is 0 Å². The molecule has 1 fully saturated rings. The van der Waals surface area contributed by atoms with E-state index < -0.39 is 0 Å². The van der Waals surface area contributed by atoms with E-state index in [4.69, 9.17) is 16.3 Å². The van der Waals surface area contributed by atoms with Crippen LogP contribution in [0.2, 0.25) is 5.02 Å². The standard InChI is InChI=1S/C22H27ClN2O2.ClH/c23-20-8-6-18(7-9-20)16-27-21-5-1-3-19(13-21)14-22(26)25-12-10-17-4-2-11-24-15-17;/h1,3,5-9,13,17,24H,2,4,10-12,14-16H2,(H,25,26);1H. The molecule has 1 aliphatic rings. The third-order valence-corrected chi connectivity index (χ3v) is 5.11. The van der Waals surface area contributed by atoms with Crippen LogP contribution in [-0.2, 0) is 17.8 Å². The molecule has 1 amide bonds. The summed E-state index contributed by atoms with van der Waals surface area (Å²) in [6, 6.07) is 15.3. The molecule has 6 heteroatoms. The topological polar surface area (TPSA) is 50.4 Å². The van der Waals surface area contributed by atoms with Crippen LogP contribution in [-0.4, -0.2) is 25.5 Å². The smallest absolute Gasteiger partial charge is 0.224 e. The molecular formula is C22H28Cl2N2O2. The van der Waals surface area contributed by atoms with Gasteiger partial charge in [-0.05, 0) is 73.7 Å². The molecule has 0 saturated carbocycles. The van der Waals surface area contributed by atoms with Crippen LogP contribution in [0.5, 0.6) is 5.75 Å². The largest absolute Gasteiger partial charge is 0.489 e. The number of piperidine rings is 1. The van der Waals surface area contributed by atoms with Crippen LogP contribution in [0.25, 0.3) is 0 Å². The molecule has 1 atom stereocenters. The van der Waals surface area contributed by atoms with Gasteiger partial charge in [-0.1, -0.05) is 35.9 Å². The van der Waals surface area contributed by atoms with Gasteiger partial charge < -0.3 is 15.4 Å². The number of ether oxygens (including phenoxy) is 1. The van der Waals surface area contributed by atoms with Crippen LogP contribution in [0.15, 0.2) is 48.5 Å². The van der Waals surface area contributed by atoms with Crippen LogP contribution in [0.1, 0.15) is 30.4 Å². The zero-order valence-electron chi connectivity index (χ0n) is 16.0. The number of rotatable bonds is 8. The molecule has 2 aromatic rings. The fourth-order valence-corrected chi connectivity index (χ4v) is 3.45. The third-order valence-electron chi connectivity index (χ3n) is 4.86. The first-order valence-electron chi connectivity index (χ1n) is 9.62. The molecular weight excluding hydrogens is 395 g/mol. The van der Waals surface area contributed by atoms with Gasteiger partial charge in [-0.15, -0.1) is 12.4 Å². The van der Waals surface area contributed by atoms with Gasteiger partial charge in [0.25, 0.3) is 0 Å². The maximum atomic E-state index is 12.2. The average Bonchev–Trinajstić information content (AvgIpc) is 2.69. The van der Waals surface area contributed by atoms with Crippen molar-refractivity contribution in [3.05, 3.63) is 64.7 Å². The molecule has 152 valence electrons. The van der Waals surface area contributed by atoms with Crippen molar-refractivity contribution in [2.24, 2.45) is 5.92 Å². The number of hydrogen-bond donors (Lipinski definition) is 2. The van der Waals surface area contributed by atoms with Crippen LogP contribution in [0, 0.1) is 5.92 Å². The summed E-state index contributed by atoms with van der Waals surface area (Å²) in [7, 11) is 0. The van der Waals surface area contributed by atoms with Gasteiger partial charge in [-0.3, -0.25) is 4.79 Å². The van der Waals surface area contributed by atoms with Crippen LogP contribution < -0.4 is 15.4 Å². The van der Waals surface area contributed by atoms with Gasteiger partial charge in [0.15, 0.2) is 0 Å². The lowest BCUT2D eigenvalue weighted by atomic mass is 9.96. The molecule has 28 heavy (non-hydrogen) atoms. The van der Waals surface area contributed by atoms with Crippen molar-refractivity contribution in [2.45, 2.75) is 32.3 Å². The minimum atomic E-state index is 0. The van der Waals surface area contributed by atoms with Crippen molar-refractivity contribution < 1.29 is 9.53 Å². The number of halogens is 2. The summed E-state index contributed by atoms with van der Waals surface area (Å²) in [4.78, 5) is 12.2. The van der Waals surface area contributed by atoms with Gasteiger partial charge in [0.1, 0.15) is 12.4 Å². The summed E-state index contributed by atoms with van der Waals surface area (Å²) in [6.45, 7) is 3.42. The first kappa shape index (κ1) is 22.5. The summed E-state index contributed by atoms with van der Waals surface area (Å²) in [5.41, 5.74) is 2.01. The highest BCUT2D eigenvalue weighted by atomic mass is 35.5. The zero-order valence-corrected chi connectivity index (χ0v) is 17.5. The molecule has 0 spiro atoms. The lowest BCUT2D eigenvalue weighted by Crippen LogP contribution is -2.33. The maximum Gasteiger partial charge on any atom is 0.224 e. The Labute approximate surface area is 178 Å². The molecule has 0 aliphatic carbocycles. The fraction of sp³-hybridized carbons (Fsp3) is 0.409. The quantitative estimate of drug-likeness (QED) is 0.662. The summed E-state index contributed by atoms with van der Waals surface area (Å²) in [5.74, 6) is 1.51. The summed E-state index contributed by atoms with van der Waals surface area (Å²) < 4.78 is 5.83. The molecule has 0 bridgehead atoms. The molecule has 1 heterocycles. The van der Waals surface area contributed by atoms with E-state index >= 15 is 0 Å². The van der Waals surface area contributed by atoms with Crippen molar-refractivity contribution in [3.63, 3.8) is 0 Å². The van der Waals surface area contributed by atoms with Crippen LogP contribution in [0.4, 0.5) is 0 Å². The molecule has 2 aromatic carbocycles. The molecule has 2 N–H and O–H groups in total. The first-order chi connectivity index (χ1) is 13.2. The Bertz CT molecular complexity index is 732. The van der Waals surface area contributed by atoms with Crippen molar-refractivity contribution in [2.75, 3.05) is 19.6 Å². The van der Waals surface area contributed by atoms with E-state index in [1.54, 1.807) is 0 Å². The monoisotopic (exact) mass is 422 g/mol. The highest BCUT2D eigenvalue weighted by molar-refractivity contribution is 6.30. The Morgan fingerprint density at radius 1 is 1.18 bits per heavy atom. The molecule has 3 rings (SSSR count). The Morgan fingerprint density at radius 2 is 2.00 bits per heavy atom. The minimum Gasteiger partial charge on any atom is -0.489 e. The lowest BCUT2D eigenvalue weighted by Gasteiger charge is -2.22. The normalized spacial score (nSPS) is 16.1. The van der Waals surface area contributed by atoms with Gasteiger partial charge in [0, 0.05) is 11.6 Å². The van der Waals surface area contributed by atoms with Gasteiger partial charge in [0.2, 0.25) is 5.91 Å². The Kier molecular flexibility index (Phi) is 9.62. The highest BCUT2D eigenvalue weighted by Gasteiger charge is 2.13. The number of nitrogens with one attached hydrogen (secondary N) is 2. The average molecular weight is 423 g/mol. The highest BCUT2D eigenvalue weighted by Crippen LogP contribution is 2.17. The van der Waals surface area contributed by atoms with Gasteiger partial charge in [0.05, 0.1) is 6.42 Å². The zero-order chi connectivity index (χ0) is 18.9. The van der Waals surface area contributed by atoms with Crippen molar-refractivity contribution in [1.82, 2.24) is 10.6 Å². The number of amides is 1. The molecule has 1 aliphatic heterocycles. The van der Waals surface area contributed by atoms with E-state index in [0.29, 0.717) is 24.0 Å². The molecule has 0 radical (unpaired) electrons. The van der Waals surface area contributed by atoms with E-state index in [1.807, 2.05) is 48.5 Å². The molecule has 1 saturated heterocycles. The number of carbonyl (C=O) groups is 1. The summed E-state index contributed by atoms with van der Waals surface area (Å²) >= 11 is 5.90. The van der Waals surface area contributed by atoms with Gasteiger partial charge >= 0.3 is 0 Å². The van der Waals surface area contributed by atoms with E-state index in [1.165, 1.54) is 12.8 Å². The number of hydrogen-bond acceptors (Lipinski definition) is 3. The second-order valence-electron chi connectivity index (χ2n) is 7.09. The summed E-state index contributed by atoms with van der Waals surface area (Å²) in [6.07, 6.45) is 3.92. The van der Waals surface area contributed by atoms with Crippen molar-refractivity contribution >= 4 is 29.9 Å². The Hall–Kier alpha value is -1.75. The van der Waals surface area contributed by atoms with Crippen molar-refractivity contribution in [1.29, 1.82) is 0 Å². The second kappa shape index (κ2) is 11.9. The fourth-order valence-electron chi connectivity index (χ4n) is 3.33. The second-order valence-corrected chi connectivity index (χ2v) is 7.53. The van der Waals surface area contributed by atoms with Gasteiger partial charge in [-0.25, -0.2) is 0 Å². The minimum absolute atomic E-state index is 0. The Balaban J connectivity index is 0.00000280. The predicted octanol–water partition coefficient (Wildman–Crippen LogP) is 4.39. The van der Waals surface area contributed by atoms with E-state index in [-0.39, 0.29) is 18.3 Å². The third kappa shape index (κ3) is 7.70. The first-order valence-corrected chi connectivity index (χ1v) is 10.0. The summed E-state index contributed by atoms with van der Waals surface area (Å²) in [5, 5.41) is 7.17. The van der Waals surface area contributed by atoms with Crippen LogP contribution in [0.3, 0.4) is 0 Å². The van der Waals surface area contributed by atoms with E-state index in [0.717, 1.165) is 42.9 Å². The Morgan fingerprint density at radius 3 is 2.75 bits per heavy atom. The lowest BCUT2D eigenvalue weighted by molar-refractivity contribution is -0.120.